The summed E-state index contributed by atoms with van der Waals surface area (Å²) in [4.78, 5) is 1.88. The van der Waals surface area contributed by atoms with Crippen LogP contribution in [0.5, 0.6) is 5.75 Å². The Hall–Kier alpha value is -2.67. The van der Waals surface area contributed by atoms with E-state index in [1.807, 2.05) is 18.2 Å². The summed E-state index contributed by atoms with van der Waals surface area (Å²) in [5, 5.41) is 7.70. The largest absolute Gasteiger partial charge is 0.495 e. The van der Waals surface area contributed by atoms with Crippen molar-refractivity contribution in [1.29, 1.82) is 0 Å². The smallest absolute Gasteiger partial charge is 0.394 e. The second-order valence-electron chi connectivity index (χ2n) is 10.3. The van der Waals surface area contributed by atoms with Gasteiger partial charge < -0.3 is 20.3 Å². The monoisotopic (exact) mass is 615 g/mol. The van der Waals surface area contributed by atoms with Crippen molar-refractivity contribution in [2.75, 3.05) is 57.8 Å². The van der Waals surface area contributed by atoms with Crippen LogP contribution in [0.25, 0.3) is 10.1 Å². The molecule has 1 saturated heterocycles. The number of thiophene rings is 1. The van der Waals surface area contributed by atoms with Gasteiger partial charge in [-0.3, -0.25) is 0 Å². The Morgan fingerprint density at radius 2 is 1.85 bits per heavy atom. The van der Waals surface area contributed by atoms with Gasteiger partial charge in [0, 0.05) is 12.6 Å². The van der Waals surface area contributed by atoms with Crippen molar-refractivity contribution in [3.8, 4) is 17.6 Å². The van der Waals surface area contributed by atoms with E-state index in [4.69, 9.17) is 4.74 Å². The van der Waals surface area contributed by atoms with Gasteiger partial charge in [0.05, 0.1) is 46.9 Å². The number of nitrogens with one attached hydrogen (secondary N) is 2. The number of halogens is 6. The normalized spacial score (nSPS) is 18.3. The van der Waals surface area contributed by atoms with Crippen molar-refractivity contribution in [1.82, 2.24) is 4.90 Å². The van der Waals surface area contributed by atoms with E-state index < -0.39 is 30.7 Å². The molecule has 41 heavy (non-hydrogen) atoms. The zero-order chi connectivity index (χ0) is 29.9. The van der Waals surface area contributed by atoms with Crippen LogP contribution in [0.2, 0.25) is 0 Å². The molecule has 0 amide bonds. The number of hydrogen-bond acceptors (Lipinski definition) is 5. The molecule has 1 aromatic heterocycles. The highest BCUT2D eigenvalue weighted by Gasteiger charge is 2.47. The van der Waals surface area contributed by atoms with E-state index in [1.54, 1.807) is 37.3 Å². The van der Waals surface area contributed by atoms with Gasteiger partial charge in [-0.1, -0.05) is 38.0 Å². The maximum absolute atomic E-state index is 13.8. The molecule has 12 heteroatoms. The van der Waals surface area contributed by atoms with E-state index in [-0.39, 0.29) is 37.9 Å². The zero-order valence-electron chi connectivity index (χ0n) is 23.1. The van der Waals surface area contributed by atoms with E-state index in [0.29, 0.717) is 28.1 Å². The van der Waals surface area contributed by atoms with Crippen LogP contribution in [0.4, 0.5) is 37.7 Å². The first-order valence-corrected chi connectivity index (χ1v) is 16.0. The highest BCUT2D eigenvalue weighted by molar-refractivity contribution is 7.64. The third-order valence-corrected chi connectivity index (χ3v) is 9.55. The summed E-state index contributed by atoms with van der Waals surface area (Å²) in [7, 11) is 2.91. The van der Waals surface area contributed by atoms with Crippen LogP contribution < -0.4 is 20.7 Å². The minimum absolute atomic E-state index is 0.0329. The Morgan fingerprint density at radius 1 is 1.10 bits per heavy atom. The van der Waals surface area contributed by atoms with Gasteiger partial charge in [-0.15, -0.1) is 11.3 Å². The number of methoxy groups -OCH3 is 1. The van der Waals surface area contributed by atoms with E-state index in [0.717, 1.165) is 17.0 Å². The molecule has 1 aliphatic rings. The van der Waals surface area contributed by atoms with Gasteiger partial charge in [0.2, 0.25) is 0 Å². The molecule has 0 radical (unpaired) electrons. The van der Waals surface area contributed by atoms with Crippen molar-refractivity contribution < 1.29 is 31.1 Å². The maximum atomic E-state index is 13.8. The fourth-order valence-corrected chi connectivity index (χ4v) is 6.87. The number of benzene rings is 2. The highest BCUT2D eigenvalue weighted by atomic mass is 32.1. The summed E-state index contributed by atoms with van der Waals surface area (Å²) in [6.45, 7) is 4.78. The van der Waals surface area contributed by atoms with Crippen LogP contribution in [0.3, 0.4) is 0 Å². The second-order valence-corrected chi connectivity index (χ2v) is 13.6. The molecule has 0 saturated carbocycles. The molecule has 2 atom stereocenters. The lowest BCUT2D eigenvalue weighted by molar-refractivity contribution is -0.188. The van der Waals surface area contributed by atoms with Crippen LogP contribution in [-0.2, 0) is 6.42 Å². The predicted octanol–water partition coefficient (Wildman–Crippen LogP) is 7.14. The van der Waals surface area contributed by atoms with E-state index in [9.17, 15) is 26.3 Å². The Balaban J connectivity index is 1.63. The molecule has 1 aliphatic heterocycles. The first-order chi connectivity index (χ1) is 19.3. The van der Waals surface area contributed by atoms with Crippen LogP contribution in [0.15, 0.2) is 36.4 Å². The van der Waals surface area contributed by atoms with Crippen molar-refractivity contribution in [2.24, 2.45) is 5.92 Å². The number of piperidine rings is 1. The summed E-state index contributed by atoms with van der Waals surface area (Å²) in [5.41, 5.74) is 1.14. The molecule has 4 nitrogen and oxygen atoms in total. The topological polar surface area (TPSA) is 36.5 Å². The predicted molar refractivity (Wildman–Crippen MR) is 157 cm³/mol. The average Bonchev–Trinajstić information content (AvgIpc) is 3.23. The first-order valence-electron chi connectivity index (χ1n) is 13.0. The molecule has 2 aromatic carbocycles. The summed E-state index contributed by atoms with van der Waals surface area (Å²) >= 11 is 1.07. The lowest BCUT2D eigenvalue weighted by atomic mass is 9.91. The third-order valence-electron chi connectivity index (χ3n) is 7.04. The minimum atomic E-state index is -4.48. The quantitative estimate of drug-likeness (QED) is 0.168. The molecule has 3 aromatic rings. The number of hydrogen-bond donors (Lipinski definition) is 2. The standard InChI is InChI=1S/C29H32F6N3OPS/c1-38-14-12-22(21(17-38)29(33,34)35)37-24-8-5-7-19-20(16-28(30,31)32)26(41-27(19)24)9-6-13-36-23-11-10-18(40(3)4)15-25(23)39-2/h5,7-8,10-11,15,21-22,36-37H,12-14,16-17H2,1-4H3. The van der Waals surface area contributed by atoms with Gasteiger partial charge in [0.25, 0.3) is 0 Å². The van der Waals surface area contributed by atoms with Gasteiger partial charge >= 0.3 is 12.4 Å². The van der Waals surface area contributed by atoms with E-state index in [2.05, 4.69) is 35.8 Å². The fourth-order valence-electron chi connectivity index (χ4n) is 4.95. The lowest BCUT2D eigenvalue weighted by Gasteiger charge is -2.38. The number of alkyl halides is 6. The third kappa shape index (κ3) is 7.79. The van der Waals surface area contributed by atoms with Crippen molar-refractivity contribution >= 4 is 46.0 Å². The SMILES string of the molecule is COc1cc(P(C)C)ccc1NCC#Cc1sc2c(NC3CCN(C)CC3C(F)(F)F)cccc2c1CC(F)(F)F. The van der Waals surface area contributed by atoms with Gasteiger partial charge in [-0.05, 0) is 67.8 Å². The Bertz CT molecular complexity index is 1430. The van der Waals surface area contributed by atoms with Gasteiger partial charge in [0.15, 0.2) is 0 Å². The van der Waals surface area contributed by atoms with E-state index in [1.165, 1.54) is 5.30 Å². The van der Waals surface area contributed by atoms with Gasteiger partial charge in [0.1, 0.15) is 5.75 Å². The Kier molecular flexibility index (Phi) is 9.67. The second kappa shape index (κ2) is 12.7. The van der Waals surface area contributed by atoms with Crippen LogP contribution in [0, 0.1) is 17.8 Å². The number of fused-ring (bicyclic) bond motifs is 1. The van der Waals surface area contributed by atoms with Crippen LogP contribution >= 0.6 is 19.3 Å². The van der Waals surface area contributed by atoms with Gasteiger partial charge in [-0.25, -0.2) is 0 Å². The fraction of sp³-hybridized carbons (Fsp3) is 0.448. The summed E-state index contributed by atoms with van der Waals surface area (Å²) in [5.74, 6) is 4.86. The van der Waals surface area contributed by atoms with Crippen molar-refractivity contribution in [3.05, 3.63) is 46.8 Å². The molecule has 0 aliphatic carbocycles. The summed E-state index contributed by atoms with van der Waals surface area (Å²) in [6.07, 6.45) is -9.80. The van der Waals surface area contributed by atoms with Crippen LogP contribution in [0.1, 0.15) is 16.9 Å². The number of likely N-dealkylation sites (tertiary alicyclic amines) is 1. The highest BCUT2D eigenvalue weighted by Crippen LogP contribution is 2.41. The molecular formula is C29H32F6N3OPS. The number of ether oxygens (including phenoxy) is 1. The zero-order valence-corrected chi connectivity index (χ0v) is 24.8. The molecule has 2 N–H and O–H groups in total. The minimum Gasteiger partial charge on any atom is -0.495 e. The van der Waals surface area contributed by atoms with Crippen molar-refractivity contribution in [2.45, 2.75) is 31.2 Å². The summed E-state index contributed by atoms with van der Waals surface area (Å²) in [6, 6.07) is 9.72. The first kappa shape index (κ1) is 31.3. The maximum Gasteiger partial charge on any atom is 0.394 e. The van der Waals surface area contributed by atoms with Crippen molar-refractivity contribution in [3.63, 3.8) is 0 Å². The lowest BCUT2D eigenvalue weighted by Crippen LogP contribution is -2.50. The number of rotatable bonds is 7. The molecular weight excluding hydrogens is 583 g/mol. The number of anilines is 2. The van der Waals surface area contributed by atoms with Crippen LogP contribution in [-0.4, -0.2) is 70.4 Å². The average molecular weight is 616 g/mol. The molecule has 2 unspecified atom stereocenters. The molecule has 222 valence electrons. The van der Waals surface area contributed by atoms with Gasteiger partial charge in [-0.2, -0.15) is 26.3 Å². The molecule has 0 spiro atoms. The van der Waals surface area contributed by atoms with E-state index >= 15 is 0 Å². The molecule has 4 rings (SSSR count). The Morgan fingerprint density at radius 3 is 2.51 bits per heavy atom. The Labute approximate surface area is 241 Å². The molecule has 2 heterocycles. The number of nitrogens with zero attached hydrogens (tertiary/aromatic N) is 1. The molecule has 1 fully saturated rings. The summed E-state index contributed by atoms with van der Waals surface area (Å²) < 4.78 is 88.1. The molecule has 0 bridgehead atoms.